The monoisotopic (exact) mass is 456 g/mol. The van der Waals surface area contributed by atoms with Crippen LogP contribution in [0, 0.1) is 0 Å². The van der Waals surface area contributed by atoms with Gasteiger partial charge in [0, 0.05) is 19.0 Å². The van der Waals surface area contributed by atoms with Gasteiger partial charge in [-0.15, -0.1) is 24.0 Å². The van der Waals surface area contributed by atoms with Gasteiger partial charge in [0.1, 0.15) is 0 Å². The van der Waals surface area contributed by atoms with Crippen LogP contribution in [0.2, 0.25) is 0 Å². The van der Waals surface area contributed by atoms with Crippen LogP contribution in [0.1, 0.15) is 62.6 Å². The first-order chi connectivity index (χ1) is 11.7. The minimum atomic E-state index is 0. The Kier molecular flexibility index (Phi) is 9.55. The normalized spacial score (nSPS) is 12.6. The third kappa shape index (κ3) is 6.34. The van der Waals surface area contributed by atoms with E-state index in [0.717, 1.165) is 30.3 Å². The molecule has 25 heavy (non-hydrogen) atoms. The molecule has 0 saturated carbocycles. The van der Waals surface area contributed by atoms with E-state index in [0.29, 0.717) is 12.5 Å². The van der Waals surface area contributed by atoms with Crippen LogP contribution in [0.5, 0.6) is 0 Å². The molecule has 5 nitrogen and oxygen atoms in total. The van der Waals surface area contributed by atoms with E-state index in [1.807, 2.05) is 24.3 Å². The van der Waals surface area contributed by atoms with Gasteiger partial charge >= 0.3 is 0 Å². The van der Waals surface area contributed by atoms with Gasteiger partial charge in [0.2, 0.25) is 0 Å². The highest BCUT2D eigenvalue weighted by molar-refractivity contribution is 14.0. The minimum Gasteiger partial charge on any atom is -0.359 e. The maximum atomic E-state index is 5.44. The van der Waals surface area contributed by atoms with Gasteiger partial charge in [-0.3, -0.25) is 4.99 Å². The second kappa shape index (κ2) is 11.1. The Morgan fingerprint density at radius 2 is 1.88 bits per heavy atom. The highest BCUT2D eigenvalue weighted by Gasteiger charge is 2.13. The van der Waals surface area contributed by atoms with Crippen molar-refractivity contribution in [2.45, 2.75) is 52.1 Å². The number of aliphatic imine (C=N–C) groups is 1. The number of nitrogens with one attached hydrogen (secondary N) is 2. The molecule has 0 radical (unpaired) electrons. The molecule has 0 aliphatic rings. The molecule has 1 unspecified atom stereocenters. The zero-order valence-electron chi connectivity index (χ0n) is 15.5. The summed E-state index contributed by atoms with van der Waals surface area (Å²) < 4.78 is 5.44. The van der Waals surface area contributed by atoms with E-state index in [1.54, 1.807) is 7.05 Å². The van der Waals surface area contributed by atoms with Crippen LogP contribution in [0.3, 0.4) is 0 Å². The van der Waals surface area contributed by atoms with E-state index in [4.69, 9.17) is 4.52 Å². The number of nitrogens with zero attached hydrogens (tertiary/aromatic N) is 2. The summed E-state index contributed by atoms with van der Waals surface area (Å²) in [5, 5.41) is 10.9. The first kappa shape index (κ1) is 21.5. The van der Waals surface area contributed by atoms with Crippen molar-refractivity contribution in [1.82, 2.24) is 15.8 Å². The first-order valence-corrected chi connectivity index (χ1v) is 8.65. The molecule has 2 N–H and O–H groups in total. The SMILES string of the molecule is CCC(CC)c1cc(CNC(=NC)NC(C)c2ccccc2)on1.I. The molecule has 2 rings (SSSR count). The molecule has 138 valence electrons. The van der Waals surface area contributed by atoms with Crippen LogP contribution < -0.4 is 10.6 Å². The summed E-state index contributed by atoms with van der Waals surface area (Å²) in [6.45, 7) is 7.03. The zero-order valence-corrected chi connectivity index (χ0v) is 17.8. The second-order valence-corrected chi connectivity index (χ2v) is 5.93. The van der Waals surface area contributed by atoms with Crippen molar-refractivity contribution >= 4 is 29.9 Å². The topological polar surface area (TPSA) is 62.5 Å². The standard InChI is InChI=1S/C19H28N4O.HI/c1-5-15(6-2)18-12-17(24-23-18)13-21-19(20-4)22-14(3)16-10-8-7-9-11-16;/h7-12,14-15H,5-6,13H2,1-4H3,(H2,20,21,22);1H. The van der Waals surface area contributed by atoms with Crippen LogP contribution in [0.15, 0.2) is 45.9 Å². The van der Waals surface area contributed by atoms with E-state index in [1.165, 1.54) is 5.56 Å². The van der Waals surface area contributed by atoms with E-state index in [9.17, 15) is 0 Å². The maximum Gasteiger partial charge on any atom is 0.191 e. The first-order valence-electron chi connectivity index (χ1n) is 8.65. The molecule has 1 aromatic heterocycles. The van der Waals surface area contributed by atoms with Crippen LogP contribution in [0.4, 0.5) is 0 Å². The molecule has 0 bridgehead atoms. The fourth-order valence-electron chi connectivity index (χ4n) is 2.71. The predicted octanol–water partition coefficient (Wildman–Crippen LogP) is 4.62. The largest absolute Gasteiger partial charge is 0.359 e. The van der Waals surface area contributed by atoms with Gasteiger partial charge in [0.15, 0.2) is 11.7 Å². The molecule has 0 fully saturated rings. The Morgan fingerprint density at radius 3 is 2.48 bits per heavy atom. The summed E-state index contributed by atoms with van der Waals surface area (Å²) in [5.41, 5.74) is 2.26. The highest BCUT2D eigenvalue weighted by atomic mass is 127. The Bertz CT molecular complexity index is 638. The Labute approximate surface area is 167 Å². The van der Waals surface area contributed by atoms with Crippen LogP contribution in [-0.4, -0.2) is 18.2 Å². The molecule has 0 amide bonds. The molecule has 0 saturated heterocycles. The molecule has 2 aromatic rings. The number of hydrogen-bond donors (Lipinski definition) is 2. The van der Waals surface area contributed by atoms with Gasteiger partial charge in [-0.05, 0) is 25.3 Å². The summed E-state index contributed by atoms with van der Waals surface area (Å²) >= 11 is 0. The lowest BCUT2D eigenvalue weighted by atomic mass is 9.99. The summed E-state index contributed by atoms with van der Waals surface area (Å²) in [7, 11) is 1.77. The maximum absolute atomic E-state index is 5.44. The number of hydrogen-bond acceptors (Lipinski definition) is 3. The lowest BCUT2D eigenvalue weighted by Gasteiger charge is -2.17. The fraction of sp³-hybridized carbons (Fsp3) is 0.474. The molecule has 1 heterocycles. The average Bonchev–Trinajstić information content (AvgIpc) is 3.09. The molecule has 6 heteroatoms. The third-order valence-electron chi connectivity index (χ3n) is 4.29. The van der Waals surface area contributed by atoms with Crippen LogP contribution in [0.25, 0.3) is 0 Å². The third-order valence-corrected chi connectivity index (χ3v) is 4.29. The molecule has 1 aromatic carbocycles. The van der Waals surface area contributed by atoms with Crippen molar-refractivity contribution in [2.24, 2.45) is 4.99 Å². The van der Waals surface area contributed by atoms with Gasteiger partial charge in [0.25, 0.3) is 0 Å². The van der Waals surface area contributed by atoms with Crippen LogP contribution in [-0.2, 0) is 6.54 Å². The number of rotatable bonds is 7. The van der Waals surface area contributed by atoms with Crippen molar-refractivity contribution < 1.29 is 4.52 Å². The quantitative estimate of drug-likeness (QED) is 0.363. The molecule has 1 atom stereocenters. The highest BCUT2D eigenvalue weighted by Crippen LogP contribution is 2.22. The van der Waals surface area contributed by atoms with Crippen molar-refractivity contribution in [2.75, 3.05) is 7.05 Å². The molecule has 0 spiro atoms. The second-order valence-electron chi connectivity index (χ2n) is 5.93. The molecular weight excluding hydrogens is 427 g/mol. The Balaban J connectivity index is 0.00000312. The lowest BCUT2D eigenvalue weighted by Crippen LogP contribution is -2.38. The number of benzene rings is 1. The van der Waals surface area contributed by atoms with Gasteiger partial charge in [-0.1, -0.05) is 49.3 Å². The van der Waals surface area contributed by atoms with Crippen molar-refractivity contribution in [3.05, 3.63) is 53.4 Å². The summed E-state index contributed by atoms with van der Waals surface area (Å²) in [4.78, 5) is 4.28. The zero-order chi connectivity index (χ0) is 17.4. The molecule has 0 aliphatic heterocycles. The fourth-order valence-corrected chi connectivity index (χ4v) is 2.71. The number of halogens is 1. The summed E-state index contributed by atoms with van der Waals surface area (Å²) in [6, 6.07) is 12.5. The van der Waals surface area contributed by atoms with E-state index in [-0.39, 0.29) is 30.0 Å². The Morgan fingerprint density at radius 1 is 1.20 bits per heavy atom. The number of guanidine groups is 1. The van der Waals surface area contributed by atoms with Crippen molar-refractivity contribution in [1.29, 1.82) is 0 Å². The summed E-state index contributed by atoms with van der Waals surface area (Å²) in [5.74, 6) is 2.04. The summed E-state index contributed by atoms with van der Waals surface area (Å²) in [6.07, 6.45) is 2.15. The van der Waals surface area contributed by atoms with E-state index in [2.05, 4.69) is 53.7 Å². The van der Waals surface area contributed by atoms with Crippen molar-refractivity contribution in [3.8, 4) is 0 Å². The van der Waals surface area contributed by atoms with E-state index < -0.39 is 0 Å². The van der Waals surface area contributed by atoms with Gasteiger partial charge in [-0.25, -0.2) is 0 Å². The van der Waals surface area contributed by atoms with Crippen LogP contribution >= 0.6 is 24.0 Å². The minimum absolute atomic E-state index is 0. The molecule has 0 aliphatic carbocycles. The smallest absolute Gasteiger partial charge is 0.191 e. The lowest BCUT2D eigenvalue weighted by molar-refractivity contribution is 0.368. The Hall–Kier alpha value is -1.57. The predicted molar refractivity (Wildman–Crippen MR) is 113 cm³/mol. The van der Waals surface area contributed by atoms with Gasteiger partial charge < -0.3 is 15.2 Å². The number of aromatic nitrogens is 1. The molecular formula is C19H29IN4O. The average molecular weight is 456 g/mol. The van der Waals surface area contributed by atoms with Crippen molar-refractivity contribution in [3.63, 3.8) is 0 Å². The van der Waals surface area contributed by atoms with Gasteiger partial charge in [-0.2, -0.15) is 0 Å². The van der Waals surface area contributed by atoms with Gasteiger partial charge in [0.05, 0.1) is 18.3 Å². The van der Waals surface area contributed by atoms with E-state index >= 15 is 0 Å².